The Morgan fingerprint density at radius 3 is 2.58 bits per heavy atom. The van der Waals surface area contributed by atoms with Crippen LogP contribution in [-0.2, 0) is 14.4 Å². The lowest BCUT2D eigenvalue weighted by molar-refractivity contribution is -0.154. The lowest BCUT2D eigenvalue weighted by Crippen LogP contribution is -2.59. The van der Waals surface area contributed by atoms with Gasteiger partial charge in [0.25, 0.3) is 0 Å². The van der Waals surface area contributed by atoms with Crippen LogP contribution in [0.15, 0.2) is 12.7 Å². The molecule has 2 amide bonds. The monoisotopic (exact) mass is 268 g/mol. The molecule has 0 aromatic rings. The first kappa shape index (κ1) is 15.2. The van der Waals surface area contributed by atoms with Crippen molar-refractivity contribution in [1.82, 2.24) is 9.80 Å². The van der Waals surface area contributed by atoms with Crippen molar-refractivity contribution < 1.29 is 19.5 Å². The van der Waals surface area contributed by atoms with Gasteiger partial charge in [0.2, 0.25) is 11.8 Å². The molecule has 0 aliphatic carbocycles. The Labute approximate surface area is 112 Å². The molecule has 0 bridgehead atoms. The molecule has 1 rings (SSSR count). The van der Waals surface area contributed by atoms with Gasteiger partial charge in [-0.3, -0.25) is 14.4 Å². The van der Waals surface area contributed by atoms with Crippen molar-refractivity contribution >= 4 is 17.8 Å². The van der Waals surface area contributed by atoms with Gasteiger partial charge in [-0.2, -0.15) is 0 Å². The van der Waals surface area contributed by atoms with E-state index in [2.05, 4.69) is 6.58 Å². The van der Waals surface area contributed by atoms with E-state index < -0.39 is 12.0 Å². The van der Waals surface area contributed by atoms with Crippen LogP contribution in [0.1, 0.15) is 20.3 Å². The second-order valence-corrected chi connectivity index (χ2v) is 5.03. The molecular weight excluding hydrogens is 248 g/mol. The number of carbonyl (C=O) groups excluding carboxylic acids is 2. The number of carbonyl (C=O) groups is 3. The topological polar surface area (TPSA) is 77.9 Å². The molecule has 106 valence electrons. The maximum Gasteiger partial charge on any atom is 0.323 e. The van der Waals surface area contributed by atoms with E-state index in [1.165, 1.54) is 15.9 Å². The zero-order chi connectivity index (χ0) is 14.6. The molecule has 6 heteroatoms. The predicted octanol–water partition coefficient (Wildman–Crippen LogP) is 0.343. The van der Waals surface area contributed by atoms with Gasteiger partial charge >= 0.3 is 5.97 Å². The molecule has 1 heterocycles. The van der Waals surface area contributed by atoms with Crippen molar-refractivity contribution in [2.45, 2.75) is 26.3 Å². The van der Waals surface area contributed by atoms with Gasteiger partial charge in [-0.25, -0.2) is 0 Å². The van der Waals surface area contributed by atoms with E-state index >= 15 is 0 Å². The average molecular weight is 268 g/mol. The van der Waals surface area contributed by atoms with Gasteiger partial charge in [0, 0.05) is 13.1 Å². The van der Waals surface area contributed by atoms with Gasteiger partial charge in [0.05, 0.1) is 0 Å². The quantitative estimate of drug-likeness (QED) is 0.729. The van der Waals surface area contributed by atoms with Crippen LogP contribution >= 0.6 is 0 Å². The smallest absolute Gasteiger partial charge is 0.323 e. The lowest BCUT2D eigenvalue weighted by Gasteiger charge is -2.40. The Morgan fingerprint density at radius 1 is 1.47 bits per heavy atom. The highest BCUT2D eigenvalue weighted by Crippen LogP contribution is 2.19. The van der Waals surface area contributed by atoms with Crippen LogP contribution in [-0.4, -0.2) is 58.4 Å². The molecule has 0 aromatic heterocycles. The summed E-state index contributed by atoms with van der Waals surface area (Å²) in [5.41, 5.74) is 0. The van der Waals surface area contributed by atoms with Crippen LogP contribution in [0.5, 0.6) is 0 Å². The third kappa shape index (κ3) is 3.81. The Hall–Kier alpha value is -1.85. The number of piperazine rings is 1. The highest BCUT2D eigenvalue weighted by Gasteiger charge is 2.37. The molecule has 1 aliphatic heterocycles. The summed E-state index contributed by atoms with van der Waals surface area (Å²) in [5.74, 6) is -1.38. The standard InChI is InChI=1S/C13H20N2O4/c1-4-11(16)15-6-5-14(8-12(17)18)13(19)10(15)7-9(2)3/h4,9-10H,1,5-8H2,2-3H3,(H,17,18). The molecule has 0 aromatic carbocycles. The fourth-order valence-electron chi connectivity index (χ4n) is 2.21. The number of carboxylic acid groups (broad SMARTS) is 1. The second kappa shape index (κ2) is 6.36. The summed E-state index contributed by atoms with van der Waals surface area (Å²) in [6.07, 6.45) is 1.71. The third-order valence-electron chi connectivity index (χ3n) is 3.06. The number of carboxylic acids is 1. The van der Waals surface area contributed by atoms with Crippen LogP contribution in [0.4, 0.5) is 0 Å². The number of rotatable bonds is 5. The normalized spacial score (nSPS) is 19.7. The van der Waals surface area contributed by atoms with E-state index in [0.29, 0.717) is 13.0 Å². The first-order valence-electron chi connectivity index (χ1n) is 6.30. The highest BCUT2D eigenvalue weighted by molar-refractivity contribution is 5.94. The van der Waals surface area contributed by atoms with Crippen molar-refractivity contribution in [3.63, 3.8) is 0 Å². The van der Waals surface area contributed by atoms with E-state index in [-0.39, 0.29) is 30.8 Å². The van der Waals surface area contributed by atoms with Gasteiger partial charge in [0.1, 0.15) is 12.6 Å². The van der Waals surface area contributed by atoms with Crippen LogP contribution < -0.4 is 0 Å². The van der Waals surface area contributed by atoms with Gasteiger partial charge < -0.3 is 14.9 Å². The zero-order valence-corrected chi connectivity index (χ0v) is 11.3. The molecule has 0 saturated carbocycles. The summed E-state index contributed by atoms with van der Waals surface area (Å²) in [6, 6.07) is -0.585. The first-order chi connectivity index (χ1) is 8.86. The summed E-state index contributed by atoms with van der Waals surface area (Å²) in [5, 5.41) is 8.78. The van der Waals surface area contributed by atoms with Crippen molar-refractivity contribution in [3.8, 4) is 0 Å². The summed E-state index contributed by atoms with van der Waals surface area (Å²) < 4.78 is 0. The summed E-state index contributed by atoms with van der Waals surface area (Å²) in [4.78, 5) is 37.5. The Morgan fingerprint density at radius 2 is 2.11 bits per heavy atom. The Kier molecular flexibility index (Phi) is 5.09. The minimum Gasteiger partial charge on any atom is -0.480 e. The van der Waals surface area contributed by atoms with Crippen LogP contribution in [0.3, 0.4) is 0 Å². The summed E-state index contributed by atoms with van der Waals surface area (Å²) >= 11 is 0. The lowest BCUT2D eigenvalue weighted by atomic mass is 9.99. The fourth-order valence-corrected chi connectivity index (χ4v) is 2.21. The van der Waals surface area contributed by atoms with Crippen molar-refractivity contribution in [2.75, 3.05) is 19.6 Å². The highest BCUT2D eigenvalue weighted by atomic mass is 16.4. The van der Waals surface area contributed by atoms with E-state index in [4.69, 9.17) is 5.11 Å². The fraction of sp³-hybridized carbons (Fsp3) is 0.615. The maximum atomic E-state index is 12.3. The minimum atomic E-state index is -1.04. The van der Waals surface area contributed by atoms with Crippen molar-refractivity contribution in [1.29, 1.82) is 0 Å². The predicted molar refractivity (Wildman–Crippen MR) is 69.4 cm³/mol. The second-order valence-electron chi connectivity index (χ2n) is 5.03. The number of nitrogens with zero attached hydrogens (tertiary/aromatic N) is 2. The molecule has 1 N–H and O–H groups in total. The van der Waals surface area contributed by atoms with Gasteiger partial charge in [-0.1, -0.05) is 20.4 Å². The molecule has 6 nitrogen and oxygen atoms in total. The van der Waals surface area contributed by atoms with Gasteiger partial charge in [-0.05, 0) is 18.4 Å². The Bertz CT molecular complexity index is 392. The number of aliphatic carboxylic acids is 1. The first-order valence-corrected chi connectivity index (χ1v) is 6.30. The SMILES string of the molecule is C=CC(=O)N1CCN(CC(=O)O)C(=O)C1CC(C)C. The number of hydrogen-bond acceptors (Lipinski definition) is 3. The Balaban J connectivity index is 2.89. The summed E-state index contributed by atoms with van der Waals surface area (Å²) in [7, 11) is 0. The average Bonchev–Trinajstić information content (AvgIpc) is 2.32. The molecule has 1 saturated heterocycles. The van der Waals surface area contributed by atoms with E-state index in [1.54, 1.807) is 0 Å². The van der Waals surface area contributed by atoms with Gasteiger partial charge in [0.15, 0.2) is 0 Å². The van der Waals surface area contributed by atoms with Crippen molar-refractivity contribution in [3.05, 3.63) is 12.7 Å². The number of amides is 2. The van der Waals surface area contributed by atoms with E-state index in [9.17, 15) is 14.4 Å². The molecular formula is C13H20N2O4. The zero-order valence-electron chi connectivity index (χ0n) is 11.3. The van der Waals surface area contributed by atoms with Crippen LogP contribution in [0, 0.1) is 5.92 Å². The molecule has 1 aliphatic rings. The number of hydrogen-bond donors (Lipinski definition) is 1. The van der Waals surface area contributed by atoms with E-state index in [1.807, 2.05) is 13.8 Å². The summed E-state index contributed by atoms with van der Waals surface area (Å²) in [6.45, 7) is 7.63. The molecule has 1 unspecified atom stereocenters. The van der Waals surface area contributed by atoms with Crippen LogP contribution in [0.2, 0.25) is 0 Å². The molecule has 19 heavy (non-hydrogen) atoms. The largest absolute Gasteiger partial charge is 0.480 e. The molecule has 0 spiro atoms. The minimum absolute atomic E-state index is 0.235. The molecule has 1 atom stereocenters. The van der Waals surface area contributed by atoms with Crippen molar-refractivity contribution in [2.24, 2.45) is 5.92 Å². The van der Waals surface area contributed by atoms with E-state index in [0.717, 1.165) is 0 Å². The van der Waals surface area contributed by atoms with Gasteiger partial charge in [-0.15, -0.1) is 0 Å². The maximum absolute atomic E-state index is 12.3. The molecule has 0 radical (unpaired) electrons. The van der Waals surface area contributed by atoms with Crippen LogP contribution in [0.25, 0.3) is 0 Å². The third-order valence-corrected chi connectivity index (χ3v) is 3.06. The molecule has 1 fully saturated rings.